The molecule has 0 amide bonds. The minimum absolute atomic E-state index is 0.110. The first kappa shape index (κ1) is 13.6. The summed E-state index contributed by atoms with van der Waals surface area (Å²) >= 11 is 0. The van der Waals surface area contributed by atoms with Crippen molar-refractivity contribution < 1.29 is 4.74 Å². The number of hydrogen-bond acceptors (Lipinski definition) is 2. The second-order valence-corrected chi connectivity index (χ2v) is 5.62. The maximum absolute atomic E-state index is 6.41. The fourth-order valence-electron chi connectivity index (χ4n) is 2.85. The molecule has 0 saturated carbocycles. The summed E-state index contributed by atoms with van der Waals surface area (Å²) in [5.74, 6) is 1.05. The average Bonchev–Trinajstić information content (AvgIpc) is 2.86. The van der Waals surface area contributed by atoms with Crippen LogP contribution >= 0.6 is 0 Å². The van der Waals surface area contributed by atoms with E-state index in [-0.39, 0.29) is 6.04 Å². The summed E-state index contributed by atoms with van der Waals surface area (Å²) < 4.78 is 5.74. The number of rotatable bonds is 4. The van der Waals surface area contributed by atoms with Gasteiger partial charge in [-0.1, -0.05) is 45.0 Å². The number of hydrogen-bond donors (Lipinski definition) is 1. The second kappa shape index (κ2) is 5.85. The highest BCUT2D eigenvalue weighted by Gasteiger charge is 2.32. The lowest BCUT2D eigenvalue weighted by molar-refractivity contribution is 0.0813. The zero-order valence-electron chi connectivity index (χ0n) is 11.7. The van der Waals surface area contributed by atoms with Crippen molar-refractivity contribution in [1.29, 1.82) is 0 Å². The summed E-state index contributed by atoms with van der Waals surface area (Å²) in [5.41, 5.74) is 9.03. The van der Waals surface area contributed by atoms with Crippen molar-refractivity contribution in [1.82, 2.24) is 0 Å². The first-order valence-corrected chi connectivity index (χ1v) is 7.10. The van der Waals surface area contributed by atoms with Crippen LogP contribution in [0, 0.1) is 5.92 Å². The van der Waals surface area contributed by atoms with Gasteiger partial charge >= 0.3 is 0 Å². The second-order valence-electron chi connectivity index (χ2n) is 5.62. The fraction of sp³-hybridized carbons (Fsp3) is 0.625. The van der Waals surface area contributed by atoms with Crippen LogP contribution < -0.4 is 5.73 Å². The van der Waals surface area contributed by atoms with E-state index in [0.29, 0.717) is 17.9 Å². The smallest absolute Gasteiger partial charge is 0.0619 e. The third kappa shape index (κ3) is 2.76. The van der Waals surface area contributed by atoms with E-state index < -0.39 is 0 Å². The summed E-state index contributed by atoms with van der Waals surface area (Å²) in [4.78, 5) is 0. The van der Waals surface area contributed by atoms with Gasteiger partial charge in [0.25, 0.3) is 0 Å². The van der Waals surface area contributed by atoms with Gasteiger partial charge in [-0.2, -0.15) is 0 Å². The molecule has 1 aliphatic heterocycles. The molecule has 2 heteroatoms. The highest BCUT2D eigenvalue weighted by atomic mass is 16.5. The molecule has 3 unspecified atom stereocenters. The summed E-state index contributed by atoms with van der Waals surface area (Å²) in [6, 6.07) is 8.89. The Morgan fingerprint density at radius 3 is 2.39 bits per heavy atom. The maximum Gasteiger partial charge on any atom is 0.0619 e. The van der Waals surface area contributed by atoms with Crippen LogP contribution in [0.4, 0.5) is 0 Å². The van der Waals surface area contributed by atoms with Crippen molar-refractivity contribution >= 4 is 0 Å². The van der Waals surface area contributed by atoms with Crippen molar-refractivity contribution in [3.05, 3.63) is 35.4 Å². The quantitative estimate of drug-likeness (QED) is 0.882. The topological polar surface area (TPSA) is 35.2 Å². The Labute approximate surface area is 111 Å². The van der Waals surface area contributed by atoms with Crippen molar-refractivity contribution in [3.63, 3.8) is 0 Å². The lowest BCUT2D eigenvalue weighted by atomic mass is 9.86. The molecule has 3 atom stereocenters. The van der Waals surface area contributed by atoms with Gasteiger partial charge in [-0.05, 0) is 29.9 Å². The molecule has 2 rings (SSSR count). The fourth-order valence-corrected chi connectivity index (χ4v) is 2.85. The van der Waals surface area contributed by atoms with Gasteiger partial charge in [-0.25, -0.2) is 0 Å². The molecule has 1 saturated heterocycles. The molecule has 18 heavy (non-hydrogen) atoms. The Bertz CT molecular complexity index is 371. The summed E-state index contributed by atoms with van der Waals surface area (Å²) in [6.07, 6.45) is 2.48. The van der Waals surface area contributed by atoms with Crippen molar-refractivity contribution in [2.75, 3.05) is 6.61 Å². The highest BCUT2D eigenvalue weighted by Crippen LogP contribution is 2.33. The van der Waals surface area contributed by atoms with Crippen molar-refractivity contribution in [2.24, 2.45) is 11.7 Å². The zero-order chi connectivity index (χ0) is 13.1. The maximum atomic E-state index is 6.41. The lowest BCUT2D eigenvalue weighted by Gasteiger charge is -2.24. The Kier molecular flexibility index (Phi) is 4.41. The predicted molar refractivity (Wildman–Crippen MR) is 75.6 cm³/mol. The molecule has 0 spiro atoms. The third-order valence-electron chi connectivity index (χ3n) is 4.11. The summed E-state index contributed by atoms with van der Waals surface area (Å²) in [6.45, 7) is 7.47. The van der Waals surface area contributed by atoms with Crippen LogP contribution in [0.15, 0.2) is 24.3 Å². The lowest BCUT2D eigenvalue weighted by Crippen LogP contribution is -2.27. The largest absolute Gasteiger partial charge is 0.378 e. The monoisotopic (exact) mass is 247 g/mol. The minimum Gasteiger partial charge on any atom is -0.378 e. The van der Waals surface area contributed by atoms with Crippen LogP contribution in [0.2, 0.25) is 0 Å². The highest BCUT2D eigenvalue weighted by molar-refractivity contribution is 5.27. The van der Waals surface area contributed by atoms with Gasteiger partial charge in [0.15, 0.2) is 0 Å². The first-order chi connectivity index (χ1) is 8.63. The van der Waals surface area contributed by atoms with E-state index in [1.807, 2.05) is 0 Å². The normalized spacial score (nSPS) is 25.6. The van der Waals surface area contributed by atoms with Crippen molar-refractivity contribution in [3.8, 4) is 0 Å². The molecule has 1 aliphatic rings. The van der Waals surface area contributed by atoms with E-state index in [1.54, 1.807) is 0 Å². The number of ether oxygens (including phenoxy) is 1. The molecule has 2 N–H and O–H groups in total. The van der Waals surface area contributed by atoms with E-state index in [1.165, 1.54) is 11.1 Å². The summed E-state index contributed by atoms with van der Waals surface area (Å²) in [7, 11) is 0. The molecular formula is C16H25NO. The van der Waals surface area contributed by atoms with Crippen LogP contribution in [-0.4, -0.2) is 12.7 Å². The molecule has 1 heterocycles. The molecule has 1 aromatic carbocycles. The van der Waals surface area contributed by atoms with Crippen LogP contribution in [0.25, 0.3) is 0 Å². The summed E-state index contributed by atoms with van der Waals surface area (Å²) in [5, 5.41) is 0. The van der Waals surface area contributed by atoms with E-state index in [9.17, 15) is 0 Å². The van der Waals surface area contributed by atoms with Gasteiger partial charge in [0.05, 0.1) is 6.10 Å². The van der Waals surface area contributed by atoms with E-state index in [2.05, 4.69) is 45.0 Å². The van der Waals surface area contributed by atoms with Crippen LogP contribution in [0.1, 0.15) is 56.7 Å². The van der Waals surface area contributed by atoms with Gasteiger partial charge < -0.3 is 10.5 Å². The Balaban J connectivity index is 2.10. The molecule has 100 valence electrons. The molecule has 0 bridgehead atoms. The average molecular weight is 247 g/mol. The number of benzene rings is 1. The SMILES string of the molecule is CCC1OCCC1C(N)c1ccc(C(C)C)cc1. The molecular weight excluding hydrogens is 222 g/mol. The van der Waals surface area contributed by atoms with Gasteiger partial charge in [0.2, 0.25) is 0 Å². The Morgan fingerprint density at radius 1 is 1.22 bits per heavy atom. The molecule has 2 nitrogen and oxygen atoms in total. The van der Waals surface area contributed by atoms with Gasteiger partial charge in [-0.3, -0.25) is 0 Å². The number of nitrogens with two attached hydrogens (primary N) is 1. The van der Waals surface area contributed by atoms with E-state index in [0.717, 1.165) is 19.4 Å². The standard InChI is InChI=1S/C16H25NO/c1-4-15-14(9-10-18-15)16(17)13-7-5-12(6-8-13)11(2)3/h5-8,11,14-16H,4,9-10,17H2,1-3H3. The van der Waals surface area contributed by atoms with Gasteiger partial charge in [0, 0.05) is 18.6 Å². The minimum atomic E-state index is 0.110. The predicted octanol–water partition coefficient (Wildman–Crippen LogP) is 3.62. The zero-order valence-corrected chi connectivity index (χ0v) is 11.7. The molecule has 0 aromatic heterocycles. The Morgan fingerprint density at radius 2 is 1.83 bits per heavy atom. The van der Waals surface area contributed by atoms with Gasteiger partial charge in [0.1, 0.15) is 0 Å². The van der Waals surface area contributed by atoms with E-state index >= 15 is 0 Å². The molecule has 0 radical (unpaired) electrons. The first-order valence-electron chi connectivity index (χ1n) is 7.10. The van der Waals surface area contributed by atoms with Crippen LogP contribution in [0.3, 0.4) is 0 Å². The molecule has 1 aromatic rings. The van der Waals surface area contributed by atoms with Crippen LogP contribution in [-0.2, 0) is 4.74 Å². The van der Waals surface area contributed by atoms with Crippen molar-refractivity contribution in [2.45, 2.75) is 51.7 Å². The van der Waals surface area contributed by atoms with Gasteiger partial charge in [-0.15, -0.1) is 0 Å². The molecule has 0 aliphatic carbocycles. The van der Waals surface area contributed by atoms with Crippen LogP contribution in [0.5, 0.6) is 0 Å². The third-order valence-corrected chi connectivity index (χ3v) is 4.11. The Hall–Kier alpha value is -0.860. The van der Waals surface area contributed by atoms with E-state index in [4.69, 9.17) is 10.5 Å². The molecule has 1 fully saturated rings.